The van der Waals surface area contributed by atoms with Gasteiger partial charge in [0.1, 0.15) is 5.75 Å². The summed E-state index contributed by atoms with van der Waals surface area (Å²) in [6.45, 7) is 7.64. The Bertz CT molecular complexity index is 447. The molecule has 0 heterocycles. The van der Waals surface area contributed by atoms with E-state index in [1.165, 1.54) is 0 Å². The molecule has 1 unspecified atom stereocenters. The predicted molar refractivity (Wildman–Crippen MR) is 72.7 cm³/mol. The summed E-state index contributed by atoms with van der Waals surface area (Å²) in [5, 5.41) is 0.714. The summed E-state index contributed by atoms with van der Waals surface area (Å²) < 4.78 is 5.59. The fraction of sp³-hybridized carbons (Fsp3) is 0.462. The number of carbonyl (C=O) groups excluding carboxylic acids is 1. The van der Waals surface area contributed by atoms with Crippen molar-refractivity contribution in [2.75, 3.05) is 0 Å². The lowest BCUT2D eigenvalue weighted by molar-refractivity contribution is -0.127. The quantitative estimate of drug-likeness (QED) is 0.502. The van der Waals surface area contributed by atoms with Crippen LogP contribution in [0.1, 0.15) is 37.8 Å². The third kappa shape index (κ3) is 3.37. The molecule has 4 nitrogen and oxygen atoms in total. The maximum atomic E-state index is 11.3. The number of rotatable bonds is 4. The van der Waals surface area contributed by atoms with E-state index in [4.69, 9.17) is 22.2 Å². The molecule has 0 saturated carbocycles. The van der Waals surface area contributed by atoms with Crippen LogP contribution in [0.4, 0.5) is 0 Å². The van der Waals surface area contributed by atoms with Gasteiger partial charge in [0.25, 0.3) is 5.91 Å². The number of ether oxygens (including phenoxy) is 1. The Morgan fingerprint density at radius 3 is 2.50 bits per heavy atom. The smallest absolute Gasteiger partial charge is 0.274 e. The Morgan fingerprint density at radius 2 is 2.00 bits per heavy atom. The van der Waals surface area contributed by atoms with Crippen molar-refractivity contribution in [3.63, 3.8) is 0 Å². The Kier molecular flexibility index (Phi) is 4.99. The molecule has 1 amide bonds. The van der Waals surface area contributed by atoms with Crippen LogP contribution in [0, 0.1) is 6.92 Å². The molecule has 0 spiro atoms. The summed E-state index contributed by atoms with van der Waals surface area (Å²) in [5.41, 5.74) is 3.95. The van der Waals surface area contributed by atoms with Gasteiger partial charge >= 0.3 is 0 Å². The summed E-state index contributed by atoms with van der Waals surface area (Å²) in [6, 6.07) is 3.72. The predicted octanol–water partition coefficient (Wildman–Crippen LogP) is 2.53. The van der Waals surface area contributed by atoms with E-state index in [9.17, 15) is 4.79 Å². The topological polar surface area (TPSA) is 64.3 Å². The van der Waals surface area contributed by atoms with Gasteiger partial charge in [0.2, 0.25) is 0 Å². The zero-order chi connectivity index (χ0) is 13.9. The fourth-order valence-corrected chi connectivity index (χ4v) is 2.04. The SMILES string of the molecule is Cc1cc(Cl)c(C(C)C)cc1OC(C)C(=O)NN. The van der Waals surface area contributed by atoms with Crippen LogP contribution in [0.2, 0.25) is 5.02 Å². The third-order valence-electron chi connectivity index (χ3n) is 2.73. The van der Waals surface area contributed by atoms with Gasteiger partial charge in [0, 0.05) is 5.02 Å². The lowest BCUT2D eigenvalue weighted by atomic mass is 10.0. The molecule has 5 heteroatoms. The van der Waals surface area contributed by atoms with Crippen molar-refractivity contribution in [1.82, 2.24) is 5.43 Å². The van der Waals surface area contributed by atoms with Crippen LogP contribution >= 0.6 is 11.6 Å². The summed E-state index contributed by atoms with van der Waals surface area (Å²) in [5.74, 6) is 5.64. The number of benzene rings is 1. The fourth-order valence-electron chi connectivity index (χ4n) is 1.60. The molecule has 0 aliphatic heterocycles. The number of carbonyl (C=O) groups is 1. The van der Waals surface area contributed by atoms with Crippen LogP contribution in [0.25, 0.3) is 0 Å². The minimum absolute atomic E-state index is 0.291. The van der Waals surface area contributed by atoms with Crippen LogP contribution in [0.15, 0.2) is 12.1 Å². The van der Waals surface area contributed by atoms with Gasteiger partial charge in [-0.2, -0.15) is 0 Å². The summed E-state index contributed by atoms with van der Waals surface area (Å²) in [7, 11) is 0. The molecule has 1 aromatic carbocycles. The number of halogens is 1. The van der Waals surface area contributed by atoms with Crippen LogP contribution in [-0.2, 0) is 4.79 Å². The van der Waals surface area contributed by atoms with Crippen molar-refractivity contribution in [2.24, 2.45) is 5.84 Å². The minimum Gasteiger partial charge on any atom is -0.481 e. The Balaban J connectivity index is 3.02. The van der Waals surface area contributed by atoms with Crippen LogP contribution < -0.4 is 16.0 Å². The van der Waals surface area contributed by atoms with E-state index in [0.29, 0.717) is 16.7 Å². The van der Waals surface area contributed by atoms with E-state index in [-0.39, 0.29) is 5.91 Å². The highest BCUT2D eigenvalue weighted by Crippen LogP contribution is 2.31. The number of hydrogen-bond acceptors (Lipinski definition) is 3. The number of nitrogens with two attached hydrogens (primary N) is 1. The molecular formula is C13H19ClN2O2. The molecule has 1 rings (SSSR count). The monoisotopic (exact) mass is 270 g/mol. The van der Waals surface area contributed by atoms with E-state index in [2.05, 4.69) is 19.3 Å². The van der Waals surface area contributed by atoms with Crippen LogP contribution in [0.3, 0.4) is 0 Å². The average Bonchev–Trinajstić information content (AvgIpc) is 2.30. The highest BCUT2D eigenvalue weighted by atomic mass is 35.5. The standard InChI is InChI=1S/C13H19ClN2O2/c1-7(2)10-6-12(8(3)5-11(10)14)18-9(4)13(17)16-15/h5-7,9H,15H2,1-4H3,(H,16,17). The molecule has 0 aromatic heterocycles. The highest BCUT2D eigenvalue weighted by molar-refractivity contribution is 6.31. The second-order valence-corrected chi connectivity index (χ2v) is 4.97. The number of hydrazine groups is 1. The van der Waals surface area contributed by atoms with Crippen molar-refractivity contribution in [2.45, 2.75) is 39.7 Å². The lowest BCUT2D eigenvalue weighted by Crippen LogP contribution is -2.40. The van der Waals surface area contributed by atoms with Gasteiger partial charge in [-0.05, 0) is 43.0 Å². The summed E-state index contributed by atoms with van der Waals surface area (Å²) >= 11 is 6.17. The van der Waals surface area contributed by atoms with Crippen molar-refractivity contribution in [3.05, 3.63) is 28.3 Å². The second kappa shape index (κ2) is 6.07. The van der Waals surface area contributed by atoms with E-state index < -0.39 is 6.10 Å². The maximum Gasteiger partial charge on any atom is 0.274 e. The highest BCUT2D eigenvalue weighted by Gasteiger charge is 2.16. The summed E-state index contributed by atoms with van der Waals surface area (Å²) in [6.07, 6.45) is -0.644. The first kappa shape index (κ1) is 14.8. The molecule has 100 valence electrons. The first-order valence-corrected chi connectivity index (χ1v) is 6.21. The first-order chi connectivity index (χ1) is 8.36. The van der Waals surface area contributed by atoms with Gasteiger partial charge in [0.15, 0.2) is 6.10 Å². The molecule has 1 aromatic rings. The summed E-state index contributed by atoms with van der Waals surface area (Å²) in [4.78, 5) is 11.3. The zero-order valence-corrected chi connectivity index (χ0v) is 11.8. The van der Waals surface area contributed by atoms with E-state index in [0.717, 1.165) is 11.1 Å². The second-order valence-electron chi connectivity index (χ2n) is 4.56. The van der Waals surface area contributed by atoms with Crippen LogP contribution in [0.5, 0.6) is 5.75 Å². The molecule has 0 radical (unpaired) electrons. The van der Waals surface area contributed by atoms with Crippen molar-refractivity contribution < 1.29 is 9.53 Å². The number of aryl methyl sites for hydroxylation is 1. The molecule has 0 aliphatic carbocycles. The number of hydrogen-bond donors (Lipinski definition) is 2. The van der Waals surface area contributed by atoms with Gasteiger partial charge in [-0.1, -0.05) is 25.4 Å². The molecule has 0 aliphatic rings. The molecule has 18 heavy (non-hydrogen) atoms. The molecular weight excluding hydrogens is 252 g/mol. The molecule has 3 N–H and O–H groups in total. The van der Waals surface area contributed by atoms with E-state index >= 15 is 0 Å². The van der Waals surface area contributed by atoms with Gasteiger partial charge in [-0.25, -0.2) is 5.84 Å². The van der Waals surface area contributed by atoms with Gasteiger partial charge in [0.05, 0.1) is 0 Å². The van der Waals surface area contributed by atoms with Crippen molar-refractivity contribution >= 4 is 17.5 Å². The molecule has 0 fully saturated rings. The third-order valence-corrected chi connectivity index (χ3v) is 3.06. The normalized spacial score (nSPS) is 12.4. The Morgan fingerprint density at radius 1 is 1.39 bits per heavy atom. The first-order valence-electron chi connectivity index (χ1n) is 5.84. The van der Waals surface area contributed by atoms with Crippen LogP contribution in [-0.4, -0.2) is 12.0 Å². The van der Waals surface area contributed by atoms with Crippen molar-refractivity contribution in [3.8, 4) is 5.75 Å². The molecule has 1 atom stereocenters. The minimum atomic E-state index is -0.644. The van der Waals surface area contributed by atoms with Gasteiger partial charge in [-0.3, -0.25) is 10.2 Å². The number of amides is 1. The van der Waals surface area contributed by atoms with Crippen molar-refractivity contribution in [1.29, 1.82) is 0 Å². The molecule has 0 bridgehead atoms. The Hall–Kier alpha value is -1.26. The average molecular weight is 271 g/mol. The van der Waals surface area contributed by atoms with E-state index in [1.54, 1.807) is 6.92 Å². The largest absolute Gasteiger partial charge is 0.481 e. The van der Waals surface area contributed by atoms with Gasteiger partial charge in [-0.15, -0.1) is 0 Å². The Labute approximate surface area is 112 Å². The van der Waals surface area contributed by atoms with E-state index in [1.807, 2.05) is 19.1 Å². The zero-order valence-electron chi connectivity index (χ0n) is 11.1. The lowest BCUT2D eigenvalue weighted by Gasteiger charge is -2.18. The maximum absolute atomic E-state index is 11.3. The molecule has 0 saturated heterocycles. The number of nitrogens with one attached hydrogen (secondary N) is 1. The van der Waals surface area contributed by atoms with Gasteiger partial charge < -0.3 is 4.74 Å².